The summed E-state index contributed by atoms with van der Waals surface area (Å²) in [5.41, 5.74) is 3.21. The van der Waals surface area contributed by atoms with E-state index in [1.165, 1.54) is 17.3 Å². The van der Waals surface area contributed by atoms with Crippen molar-refractivity contribution in [2.45, 2.75) is 25.3 Å². The van der Waals surface area contributed by atoms with Gasteiger partial charge in [-0.25, -0.2) is 0 Å². The number of para-hydroxylation sites is 1. The summed E-state index contributed by atoms with van der Waals surface area (Å²) < 4.78 is 1.76. The molecule has 4 rings (SSSR count). The number of carbonyl (C=O) groups is 1. The lowest BCUT2D eigenvalue weighted by atomic mass is 10.1. The Kier molecular flexibility index (Phi) is 6.58. The number of fused-ring (bicyclic) bond motifs is 1. The summed E-state index contributed by atoms with van der Waals surface area (Å²) in [6.45, 7) is 7.61. The van der Waals surface area contributed by atoms with Crippen LogP contribution >= 0.6 is 23.4 Å². The van der Waals surface area contributed by atoms with Gasteiger partial charge in [-0.05, 0) is 37.6 Å². The number of pyridine rings is 1. The summed E-state index contributed by atoms with van der Waals surface area (Å²) in [6, 6.07) is 15.5. The molecule has 0 spiro atoms. The van der Waals surface area contributed by atoms with Crippen LogP contribution < -0.4 is 10.5 Å². The van der Waals surface area contributed by atoms with Crippen molar-refractivity contribution in [2.75, 3.05) is 36.8 Å². The van der Waals surface area contributed by atoms with Crippen LogP contribution in [-0.4, -0.2) is 47.3 Å². The third-order valence-electron chi connectivity index (χ3n) is 5.79. The number of aromatic nitrogens is 1. The first-order chi connectivity index (χ1) is 15.0. The Balaban J connectivity index is 1.42. The van der Waals surface area contributed by atoms with Gasteiger partial charge in [-0.2, -0.15) is 0 Å². The Morgan fingerprint density at radius 2 is 1.81 bits per heavy atom. The molecule has 7 heteroatoms. The quantitative estimate of drug-likeness (QED) is 0.534. The van der Waals surface area contributed by atoms with E-state index in [9.17, 15) is 9.59 Å². The van der Waals surface area contributed by atoms with Crippen LogP contribution in [0.5, 0.6) is 0 Å². The van der Waals surface area contributed by atoms with Gasteiger partial charge >= 0.3 is 0 Å². The zero-order chi connectivity index (χ0) is 22.0. The lowest BCUT2D eigenvalue weighted by Crippen LogP contribution is -2.49. The van der Waals surface area contributed by atoms with Gasteiger partial charge in [0.25, 0.3) is 5.56 Å². The van der Waals surface area contributed by atoms with Crippen LogP contribution in [-0.2, 0) is 11.3 Å². The van der Waals surface area contributed by atoms with Gasteiger partial charge in [0, 0.05) is 59.8 Å². The molecule has 0 radical (unpaired) electrons. The number of benzene rings is 2. The van der Waals surface area contributed by atoms with E-state index in [0.717, 1.165) is 39.6 Å². The fraction of sp³-hybridized carbons (Fsp3) is 0.333. The number of rotatable bonds is 5. The molecule has 0 atom stereocenters. The highest BCUT2D eigenvalue weighted by Gasteiger charge is 2.22. The van der Waals surface area contributed by atoms with Crippen molar-refractivity contribution in [3.63, 3.8) is 0 Å². The zero-order valence-corrected chi connectivity index (χ0v) is 19.4. The van der Waals surface area contributed by atoms with Crippen LogP contribution in [0.2, 0.25) is 5.02 Å². The largest absolute Gasteiger partial charge is 0.368 e. The Morgan fingerprint density at radius 3 is 2.55 bits per heavy atom. The van der Waals surface area contributed by atoms with Crippen LogP contribution in [0.15, 0.2) is 58.2 Å². The van der Waals surface area contributed by atoms with Gasteiger partial charge in [0.15, 0.2) is 0 Å². The lowest BCUT2D eigenvalue weighted by molar-refractivity contribution is -0.128. The monoisotopic (exact) mass is 455 g/mol. The number of aryl methyl sites for hydroxylation is 2. The second-order valence-corrected chi connectivity index (χ2v) is 9.15. The molecule has 1 saturated heterocycles. The minimum Gasteiger partial charge on any atom is -0.368 e. The second kappa shape index (κ2) is 9.37. The van der Waals surface area contributed by atoms with Gasteiger partial charge in [0.2, 0.25) is 5.91 Å². The van der Waals surface area contributed by atoms with Crippen LogP contribution in [0, 0.1) is 6.92 Å². The van der Waals surface area contributed by atoms with Gasteiger partial charge in [-0.3, -0.25) is 9.59 Å². The molecule has 2 aromatic carbocycles. The number of hydrogen-bond acceptors (Lipinski definition) is 4. The van der Waals surface area contributed by atoms with Crippen molar-refractivity contribution in [1.29, 1.82) is 0 Å². The van der Waals surface area contributed by atoms with E-state index < -0.39 is 0 Å². The lowest BCUT2D eigenvalue weighted by Gasteiger charge is -2.37. The number of halogens is 1. The number of anilines is 1. The van der Waals surface area contributed by atoms with Crippen molar-refractivity contribution >= 4 is 45.9 Å². The summed E-state index contributed by atoms with van der Waals surface area (Å²) in [7, 11) is 0. The third kappa shape index (κ3) is 4.60. The van der Waals surface area contributed by atoms with Gasteiger partial charge < -0.3 is 14.4 Å². The normalized spacial score (nSPS) is 14.3. The van der Waals surface area contributed by atoms with Crippen molar-refractivity contribution in [1.82, 2.24) is 9.47 Å². The molecular weight excluding hydrogens is 430 g/mol. The molecule has 2 heterocycles. The van der Waals surface area contributed by atoms with Gasteiger partial charge in [0.05, 0.1) is 11.3 Å². The summed E-state index contributed by atoms with van der Waals surface area (Å²) in [5, 5.41) is 1.75. The van der Waals surface area contributed by atoms with Crippen molar-refractivity contribution in [3.05, 3.63) is 69.5 Å². The average molecular weight is 456 g/mol. The predicted octanol–water partition coefficient (Wildman–Crippen LogP) is 4.42. The fourth-order valence-electron chi connectivity index (χ4n) is 4.10. The molecule has 1 aromatic heterocycles. The molecule has 0 aliphatic carbocycles. The van der Waals surface area contributed by atoms with E-state index in [-0.39, 0.29) is 11.5 Å². The molecular formula is C24H26ClN3O2S. The standard InChI is InChI=1S/C24H26ClN3O2S/c1-3-28-20-7-5-4-6-19(20)22(15-23(28)29)31-16-24(30)27-12-10-26(11-13-27)21-14-18(25)9-8-17(21)2/h4-9,14-15H,3,10-13,16H2,1-2H3. The molecule has 31 heavy (non-hydrogen) atoms. The highest BCUT2D eigenvalue weighted by Crippen LogP contribution is 2.28. The van der Waals surface area contributed by atoms with Crippen LogP contribution in [0.4, 0.5) is 5.69 Å². The highest BCUT2D eigenvalue weighted by molar-refractivity contribution is 8.00. The SMILES string of the molecule is CCn1c(=O)cc(SCC(=O)N2CCN(c3cc(Cl)ccc3C)CC2)c2ccccc21. The number of amides is 1. The van der Waals surface area contributed by atoms with E-state index in [1.54, 1.807) is 10.6 Å². The van der Waals surface area contributed by atoms with Gasteiger partial charge in [0.1, 0.15) is 0 Å². The number of carbonyl (C=O) groups excluding carboxylic acids is 1. The first kappa shape index (κ1) is 21.8. The molecule has 1 aliphatic rings. The summed E-state index contributed by atoms with van der Waals surface area (Å²) in [6.07, 6.45) is 0. The van der Waals surface area contributed by atoms with Crippen LogP contribution in [0.25, 0.3) is 10.9 Å². The smallest absolute Gasteiger partial charge is 0.252 e. The van der Waals surface area contributed by atoms with Crippen LogP contribution in [0.1, 0.15) is 12.5 Å². The number of nitrogens with zero attached hydrogens (tertiary/aromatic N) is 3. The van der Waals surface area contributed by atoms with E-state index in [0.29, 0.717) is 25.4 Å². The van der Waals surface area contributed by atoms with E-state index in [1.807, 2.05) is 54.3 Å². The highest BCUT2D eigenvalue weighted by atomic mass is 35.5. The molecule has 1 aliphatic heterocycles. The number of hydrogen-bond donors (Lipinski definition) is 0. The Bertz CT molecular complexity index is 1170. The first-order valence-electron chi connectivity index (χ1n) is 10.5. The summed E-state index contributed by atoms with van der Waals surface area (Å²) in [4.78, 5) is 30.4. The van der Waals surface area contributed by atoms with E-state index in [4.69, 9.17) is 11.6 Å². The maximum atomic E-state index is 12.9. The minimum atomic E-state index is -0.0262. The topological polar surface area (TPSA) is 45.6 Å². The molecule has 0 unspecified atom stereocenters. The fourth-order valence-corrected chi connectivity index (χ4v) is 5.24. The number of piperazine rings is 1. The summed E-state index contributed by atoms with van der Waals surface area (Å²) in [5.74, 6) is 0.437. The van der Waals surface area contributed by atoms with Crippen molar-refractivity contribution in [2.24, 2.45) is 0 Å². The molecule has 0 bridgehead atoms. The molecule has 1 fully saturated rings. The second-order valence-electron chi connectivity index (χ2n) is 7.70. The minimum absolute atomic E-state index is 0.0262. The Hall–Kier alpha value is -2.44. The molecule has 5 nitrogen and oxygen atoms in total. The predicted molar refractivity (Wildman–Crippen MR) is 130 cm³/mol. The average Bonchev–Trinajstić information content (AvgIpc) is 2.79. The van der Waals surface area contributed by atoms with Crippen molar-refractivity contribution < 1.29 is 4.79 Å². The third-order valence-corrected chi connectivity index (χ3v) is 7.07. The first-order valence-corrected chi connectivity index (χ1v) is 11.9. The van der Waals surface area contributed by atoms with Crippen LogP contribution in [0.3, 0.4) is 0 Å². The summed E-state index contributed by atoms with van der Waals surface area (Å²) >= 11 is 7.62. The molecule has 0 N–H and O–H groups in total. The molecule has 3 aromatic rings. The Morgan fingerprint density at radius 1 is 1.06 bits per heavy atom. The molecule has 0 saturated carbocycles. The van der Waals surface area contributed by atoms with Crippen molar-refractivity contribution in [3.8, 4) is 0 Å². The van der Waals surface area contributed by atoms with Gasteiger partial charge in [-0.1, -0.05) is 35.9 Å². The van der Waals surface area contributed by atoms with Gasteiger partial charge in [-0.15, -0.1) is 11.8 Å². The molecule has 162 valence electrons. The number of thioether (sulfide) groups is 1. The Labute approximate surface area is 191 Å². The maximum Gasteiger partial charge on any atom is 0.252 e. The maximum absolute atomic E-state index is 12.9. The van der Waals surface area contributed by atoms with E-state index in [2.05, 4.69) is 11.8 Å². The molecule has 1 amide bonds. The van der Waals surface area contributed by atoms with E-state index >= 15 is 0 Å². The zero-order valence-electron chi connectivity index (χ0n) is 17.8.